The number of nitrogens with zero attached hydrogens (tertiary/aromatic N) is 2. The number of benzene rings is 4. The van der Waals surface area contributed by atoms with Crippen LogP contribution in [0.15, 0.2) is 109 Å². The lowest BCUT2D eigenvalue weighted by atomic mass is 9.80. The zero-order valence-electron chi connectivity index (χ0n) is 23.7. The standard InChI is InChI=1S/C40H32N2/c1-2-10-27(11-3-1)28-12-8-14-31(24-28)39-22-23-41-40(42-39)32-15-9-13-29(25-32)30-20-21-37-35-18-5-4-16-33(35)34-17-6-7-19-36(34)38(37)26-30/h1-2,5,7-10,12-15,18-26H,3-4,6,11,16-17H2. The fourth-order valence-electron chi connectivity index (χ4n) is 6.86. The van der Waals surface area contributed by atoms with Crippen molar-refractivity contribution in [3.8, 4) is 33.8 Å². The highest BCUT2D eigenvalue weighted by Crippen LogP contribution is 2.40. The van der Waals surface area contributed by atoms with Crippen LogP contribution < -0.4 is 0 Å². The van der Waals surface area contributed by atoms with Crippen LogP contribution in [0.1, 0.15) is 53.5 Å². The van der Waals surface area contributed by atoms with E-state index < -0.39 is 0 Å². The Labute approximate surface area is 247 Å². The summed E-state index contributed by atoms with van der Waals surface area (Å²) in [5.74, 6) is 0.750. The molecular formula is C40H32N2. The third-order valence-corrected chi connectivity index (χ3v) is 8.96. The predicted octanol–water partition coefficient (Wildman–Crippen LogP) is 10.3. The van der Waals surface area contributed by atoms with Gasteiger partial charge >= 0.3 is 0 Å². The molecule has 0 amide bonds. The molecule has 0 bridgehead atoms. The van der Waals surface area contributed by atoms with Crippen molar-refractivity contribution in [2.45, 2.75) is 38.5 Å². The van der Waals surface area contributed by atoms with Gasteiger partial charge in [-0.15, -0.1) is 0 Å². The third kappa shape index (κ3) is 4.44. The van der Waals surface area contributed by atoms with E-state index >= 15 is 0 Å². The second kappa shape index (κ2) is 10.5. The van der Waals surface area contributed by atoms with Gasteiger partial charge in [0.1, 0.15) is 0 Å². The van der Waals surface area contributed by atoms with Gasteiger partial charge < -0.3 is 0 Å². The highest BCUT2D eigenvalue weighted by molar-refractivity contribution is 6.01. The second-order valence-electron chi connectivity index (χ2n) is 11.5. The first-order valence-electron chi connectivity index (χ1n) is 15.2. The second-order valence-corrected chi connectivity index (χ2v) is 11.5. The van der Waals surface area contributed by atoms with Gasteiger partial charge in [0.25, 0.3) is 0 Å². The van der Waals surface area contributed by atoms with Crippen LogP contribution >= 0.6 is 0 Å². The van der Waals surface area contributed by atoms with E-state index in [2.05, 4.69) is 114 Å². The van der Waals surface area contributed by atoms with E-state index in [1.54, 1.807) is 11.1 Å². The van der Waals surface area contributed by atoms with Gasteiger partial charge in [-0.25, -0.2) is 9.97 Å². The Kier molecular flexibility index (Phi) is 6.26. The topological polar surface area (TPSA) is 25.8 Å². The number of rotatable bonds is 4. The summed E-state index contributed by atoms with van der Waals surface area (Å²) in [5, 5.41) is 2.72. The first-order valence-corrected chi connectivity index (χ1v) is 15.2. The summed E-state index contributed by atoms with van der Waals surface area (Å²) in [6.07, 6.45) is 24.6. The van der Waals surface area contributed by atoms with Crippen molar-refractivity contribution >= 4 is 28.5 Å². The van der Waals surface area contributed by atoms with Crippen molar-refractivity contribution in [3.63, 3.8) is 0 Å². The molecule has 4 aromatic carbocycles. The maximum atomic E-state index is 5.03. The largest absolute Gasteiger partial charge is 0.237 e. The zero-order chi connectivity index (χ0) is 27.9. The minimum atomic E-state index is 0.750. The Hall–Kier alpha value is -4.82. The van der Waals surface area contributed by atoms with E-state index in [1.165, 1.54) is 44.2 Å². The van der Waals surface area contributed by atoms with Crippen molar-refractivity contribution in [1.29, 1.82) is 0 Å². The molecule has 5 aromatic rings. The zero-order valence-corrected chi connectivity index (χ0v) is 23.7. The number of fused-ring (bicyclic) bond motifs is 6. The molecule has 0 fully saturated rings. The molecule has 0 N–H and O–H groups in total. The summed E-state index contributed by atoms with van der Waals surface area (Å²) in [7, 11) is 0. The van der Waals surface area contributed by atoms with Gasteiger partial charge in [0.2, 0.25) is 0 Å². The summed E-state index contributed by atoms with van der Waals surface area (Å²) in [6.45, 7) is 0. The summed E-state index contributed by atoms with van der Waals surface area (Å²) in [6, 6.07) is 26.4. The fourth-order valence-corrected chi connectivity index (χ4v) is 6.86. The van der Waals surface area contributed by atoms with Crippen LogP contribution in [0.4, 0.5) is 0 Å². The highest BCUT2D eigenvalue weighted by atomic mass is 14.9. The highest BCUT2D eigenvalue weighted by Gasteiger charge is 2.20. The van der Waals surface area contributed by atoms with E-state index in [4.69, 9.17) is 4.98 Å². The number of aromatic nitrogens is 2. The lowest BCUT2D eigenvalue weighted by Crippen LogP contribution is -2.07. The molecular weight excluding hydrogens is 508 g/mol. The molecule has 42 heavy (non-hydrogen) atoms. The Morgan fingerprint density at radius 3 is 2.05 bits per heavy atom. The minimum absolute atomic E-state index is 0.750. The van der Waals surface area contributed by atoms with E-state index in [0.29, 0.717) is 0 Å². The molecule has 2 nitrogen and oxygen atoms in total. The average molecular weight is 541 g/mol. The van der Waals surface area contributed by atoms with E-state index in [1.807, 2.05) is 12.3 Å². The van der Waals surface area contributed by atoms with E-state index in [-0.39, 0.29) is 0 Å². The smallest absolute Gasteiger partial charge is 0.159 e. The van der Waals surface area contributed by atoms with Crippen molar-refractivity contribution in [3.05, 3.63) is 137 Å². The van der Waals surface area contributed by atoms with Crippen molar-refractivity contribution in [2.75, 3.05) is 0 Å². The van der Waals surface area contributed by atoms with Crippen LogP contribution in [0, 0.1) is 0 Å². The van der Waals surface area contributed by atoms with Gasteiger partial charge in [-0.1, -0.05) is 91.1 Å². The molecule has 0 saturated heterocycles. The van der Waals surface area contributed by atoms with E-state index in [9.17, 15) is 0 Å². The van der Waals surface area contributed by atoms with Crippen LogP contribution in [-0.2, 0) is 12.8 Å². The Balaban J connectivity index is 1.17. The quantitative estimate of drug-likeness (QED) is 0.227. The summed E-state index contributed by atoms with van der Waals surface area (Å²) in [5.41, 5.74) is 14.1. The molecule has 0 spiro atoms. The van der Waals surface area contributed by atoms with Crippen molar-refractivity contribution in [1.82, 2.24) is 9.97 Å². The van der Waals surface area contributed by atoms with Gasteiger partial charge in [-0.2, -0.15) is 0 Å². The molecule has 202 valence electrons. The first-order chi connectivity index (χ1) is 20.8. The lowest BCUT2D eigenvalue weighted by Gasteiger charge is -2.24. The van der Waals surface area contributed by atoms with Crippen molar-refractivity contribution in [2.24, 2.45) is 0 Å². The van der Waals surface area contributed by atoms with Crippen molar-refractivity contribution < 1.29 is 0 Å². The fraction of sp³-hybridized carbons (Fsp3) is 0.150. The van der Waals surface area contributed by atoms with Crippen LogP contribution in [-0.4, -0.2) is 9.97 Å². The molecule has 0 radical (unpaired) electrons. The van der Waals surface area contributed by atoms with Gasteiger partial charge in [0.05, 0.1) is 5.69 Å². The number of hydrogen-bond acceptors (Lipinski definition) is 2. The Morgan fingerprint density at radius 1 is 0.548 bits per heavy atom. The number of allylic oxidation sites excluding steroid dienone is 6. The first kappa shape index (κ1) is 24.9. The van der Waals surface area contributed by atoms with Crippen LogP contribution in [0.25, 0.3) is 62.3 Å². The maximum Gasteiger partial charge on any atom is 0.159 e. The monoisotopic (exact) mass is 540 g/mol. The molecule has 0 saturated carbocycles. The lowest BCUT2D eigenvalue weighted by molar-refractivity contribution is 0.911. The molecule has 0 atom stereocenters. The molecule has 8 rings (SSSR count). The minimum Gasteiger partial charge on any atom is -0.237 e. The maximum absolute atomic E-state index is 5.03. The third-order valence-electron chi connectivity index (χ3n) is 8.96. The molecule has 0 unspecified atom stereocenters. The van der Waals surface area contributed by atoms with Gasteiger partial charge in [0.15, 0.2) is 5.82 Å². The summed E-state index contributed by atoms with van der Waals surface area (Å²) >= 11 is 0. The summed E-state index contributed by atoms with van der Waals surface area (Å²) in [4.78, 5) is 9.72. The normalized spacial score (nSPS) is 15.4. The molecule has 1 aromatic heterocycles. The SMILES string of the molecule is C1=CCCC(c2cccc(-c3ccnc(-c4cccc(-c5ccc6c7c(c8c(c6c5)C=CCC8)CCC=C7)c4)n3)c2)=C1. The van der Waals surface area contributed by atoms with E-state index in [0.717, 1.165) is 61.2 Å². The number of hydrogen-bond donors (Lipinski definition) is 0. The van der Waals surface area contributed by atoms with Crippen LogP contribution in [0.3, 0.4) is 0 Å². The van der Waals surface area contributed by atoms with Gasteiger partial charge in [-0.05, 0) is 118 Å². The van der Waals surface area contributed by atoms with Gasteiger partial charge in [-0.3, -0.25) is 0 Å². The average Bonchev–Trinajstić information content (AvgIpc) is 3.09. The summed E-state index contributed by atoms with van der Waals surface area (Å²) < 4.78 is 0. The van der Waals surface area contributed by atoms with Crippen LogP contribution in [0.2, 0.25) is 0 Å². The Morgan fingerprint density at radius 2 is 1.24 bits per heavy atom. The molecule has 3 aliphatic rings. The molecule has 3 aliphatic carbocycles. The molecule has 1 heterocycles. The molecule has 2 heteroatoms. The molecule has 0 aliphatic heterocycles. The predicted molar refractivity (Wildman–Crippen MR) is 177 cm³/mol. The van der Waals surface area contributed by atoms with Gasteiger partial charge in [0, 0.05) is 17.3 Å². The Bertz CT molecular complexity index is 1990. The van der Waals surface area contributed by atoms with Crippen LogP contribution in [0.5, 0.6) is 0 Å².